The molecule has 0 aliphatic heterocycles. The Bertz CT molecular complexity index is 1130. The number of hydrogen-bond donors (Lipinski definition) is 0. The first-order valence-corrected chi connectivity index (χ1v) is 9.33. The van der Waals surface area contributed by atoms with Crippen molar-refractivity contribution in [2.45, 2.75) is 26.4 Å². The average molecular weight is 415 g/mol. The molecular formula is C22H19ClO6. The van der Waals surface area contributed by atoms with E-state index in [4.69, 9.17) is 25.5 Å². The number of rotatable bonds is 6. The first kappa shape index (κ1) is 20.6. The zero-order valence-corrected chi connectivity index (χ0v) is 16.9. The van der Waals surface area contributed by atoms with Crippen LogP contribution in [-0.4, -0.2) is 24.0 Å². The van der Waals surface area contributed by atoms with Gasteiger partial charge >= 0.3 is 11.6 Å². The van der Waals surface area contributed by atoms with E-state index in [1.807, 2.05) is 0 Å². The third kappa shape index (κ3) is 4.49. The number of fused-ring (bicyclic) bond motifs is 1. The molecule has 0 bridgehead atoms. The summed E-state index contributed by atoms with van der Waals surface area (Å²) in [6, 6.07) is 12.4. The molecule has 0 N–H and O–H groups in total. The van der Waals surface area contributed by atoms with Gasteiger partial charge in [-0.2, -0.15) is 0 Å². The van der Waals surface area contributed by atoms with Crippen molar-refractivity contribution in [3.05, 3.63) is 75.1 Å². The van der Waals surface area contributed by atoms with Crippen LogP contribution in [0.25, 0.3) is 11.0 Å². The lowest BCUT2D eigenvalue weighted by Gasteiger charge is -2.24. The second-order valence-corrected chi connectivity index (χ2v) is 7.25. The van der Waals surface area contributed by atoms with Crippen molar-refractivity contribution >= 4 is 34.3 Å². The number of ketones is 1. The summed E-state index contributed by atoms with van der Waals surface area (Å²) in [6.07, 6.45) is 0. The smallest absolute Gasteiger partial charge is 0.349 e. The molecule has 0 amide bonds. The van der Waals surface area contributed by atoms with Crippen molar-refractivity contribution < 1.29 is 23.5 Å². The quantitative estimate of drug-likeness (QED) is 0.338. The van der Waals surface area contributed by atoms with Crippen LogP contribution in [0.15, 0.2) is 57.7 Å². The highest BCUT2D eigenvalue weighted by Gasteiger charge is 2.31. The number of carbonyl (C=O) groups is 2. The monoisotopic (exact) mass is 414 g/mol. The number of esters is 1. The number of halogens is 1. The van der Waals surface area contributed by atoms with Gasteiger partial charge in [-0.05, 0) is 69.3 Å². The van der Waals surface area contributed by atoms with Gasteiger partial charge in [-0.3, -0.25) is 4.79 Å². The summed E-state index contributed by atoms with van der Waals surface area (Å²) in [5, 5.41) is 1.02. The Labute approximate surface area is 172 Å². The first-order chi connectivity index (χ1) is 13.7. The fraction of sp³-hybridized carbons (Fsp3) is 0.227. The van der Waals surface area contributed by atoms with Gasteiger partial charge in [0.1, 0.15) is 16.9 Å². The number of benzene rings is 2. The maximum absolute atomic E-state index is 12.8. The summed E-state index contributed by atoms with van der Waals surface area (Å²) in [7, 11) is 0. The van der Waals surface area contributed by atoms with Gasteiger partial charge in [-0.25, -0.2) is 9.59 Å². The van der Waals surface area contributed by atoms with Crippen molar-refractivity contribution in [1.82, 2.24) is 0 Å². The third-order valence-corrected chi connectivity index (χ3v) is 4.43. The fourth-order valence-electron chi connectivity index (χ4n) is 2.72. The van der Waals surface area contributed by atoms with Gasteiger partial charge < -0.3 is 13.9 Å². The van der Waals surface area contributed by atoms with Gasteiger partial charge in [0, 0.05) is 16.0 Å². The minimum absolute atomic E-state index is 0.0970. The minimum atomic E-state index is -1.18. The molecule has 1 heterocycles. The van der Waals surface area contributed by atoms with Crippen LogP contribution >= 0.6 is 11.6 Å². The summed E-state index contributed by atoms with van der Waals surface area (Å²) in [6.45, 7) is 5.15. The van der Waals surface area contributed by atoms with Crippen LogP contribution in [0.1, 0.15) is 36.7 Å². The van der Waals surface area contributed by atoms with Crippen LogP contribution in [0.5, 0.6) is 5.75 Å². The molecule has 0 atom stereocenters. The highest BCUT2D eigenvalue weighted by Crippen LogP contribution is 2.23. The highest BCUT2D eigenvalue weighted by atomic mass is 35.5. The molecule has 150 valence electrons. The van der Waals surface area contributed by atoms with Crippen molar-refractivity contribution in [2.75, 3.05) is 6.61 Å². The molecule has 0 aliphatic rings. The Kier molecular flexibility index (Phi) is 5.75. The molecule has 0 aliphatic carbocycles. The lowest BCUT2D eigenvalue weighted by Crippen LogP contribution is -2.39. The van der Waals surface area contributed by atoms with E-state index in [0.717, 1.165) is 0 Å². The Morgan fingerprint density at radius 2 is 1.76 bits per heavy atom. The maximum Gasteiger partial charge on any atom is 0.349 e. The first-order valence-electron chi connectivity index (χ1n) is 8.95. The highest BCUT2D eigenvalue weighted by molar-refractivity contribution is 6.31. The Morgan fingerprint density at radius 3 is 2.41 bits per heavy atom. The summed E-state index contributed by atoms with van der Waals surface area (Å²) in [4.78, 5) is 36.9. The molecule has 6 nitrogen and oxygen atoms in total. The molecule has 3 aromatic rings. The molecule has 2 aromatic carbocycles. The molecule has 0 saturated carbocycles. The number of hydrogen-bond acceptors (Lipinski definition) is 6. The van der Waals surface area contributed by atoms with E-state index < -0.39 is 23.0 Å². The predicted molar refractivity (Wildman–Crippen MR) is 109 cm³/mol. The standard InChI is InChI=1S/C22H19ClO6/c1-4-27-21(26)22(2,3)29-16-8-5-13(6-9-16)19(24)17-12-14-11-15(23)7-10-18(14)28-20(17)25/h5-12H,4H2,1-3H3. The van der Waals surface area contributed by atoms with E-state index in [9.17, 15) is 14.4 Å². The molecule has 0 radical (unpaired) electrons. The largest absolute Gasteiger partial charge is 0.476 e. The van der Waals surface area contributed by atoms with Crippen LogP contribution < -0.4 is 10.4 Å². The molecule has 3 rings (SSSR count). The average Bonchev–Trinajstić information content (AvgIpc) is 2.68. The second-order valence-electron chi connectivity index (χ2n) is 6.82. The van der Waals surface area contributed by atoms with Crippen molar-refractivity contribution in [3.63, 3.8) is 0 Å². The van der Waals surface area contributed by atoms with Gasteiger partial charge in [0.05, 0.1) is 6.61 Å². The lowest BCUT2D eigenvalue weighted by molar-refractivity contribution is -0.158. The van der Waals surface area contributed by atoms with Crippen LogP contribution in [0.4, 0.5) is 0 Å². The molecule has 0 unspecified atom stereocenters. The van der Waals surface area contributed by atoms with Gasteiger partial charge in [0.25, 0.3) is 0 Å². The topological polar surface area (TPSA) is 82.8 Å². The maximum atomic E-state index is 12.8. The van der Waals surface area contributed by atoms with Crippen LogP contribution in [0.2, 0.25) is 5.02 Å². The summed E-state index contributed by atoms with van der Waals surface area (Å²) in [5.41, 5.74) is -1.38. The van der Waals surface area contributed by atoms with E-state index in [-0.39, 0.29) is 17.7 Å². The normalized spacial score (nSPS) is 11.3. The van der Waals surface area contributed by atoms with Crippen LogP contribution in [0.3, 0.4) is 0 Å². The van der Waals surface area contributed by atoms with Gasteiger partial charge in [0.15, 0.2) is 11.4 Å². The summed E-state index contributed by atoms with van der Waals surface area (Å²) >= 11 is 5.97. The second kappa shape index (κ2) is 8.09. The predicted octanol–water partition coefficient (Wildman–Crippen LogP) is 4.40. The summed E-state index contributed by atoms with van der Waals surface area (Å²) < 4.78 is 15.9. The van der Waals surface area contributed by atoms with Gasteiger partial charge in [-0.1, -0.05) is 11.6 Å². The SMILES string of the molecule is CCOC(=O)C(C)(C)Oc1ccc(C(=O)c2cc3cc(Cl)ccc3oc2=O)cc1. The number of carbonyl (C=O) groups excluding carboxylic acids is 2. The molecule has 0 saturated heterocycles. The molecule has 0 spiro atoms. The van der Waals surface area contributed by atoms with Crippen LogP contribution in [-0.2, 0) is 9.53 Å². The lowest BCUT2D eigenvalue weighted by atomic mass is 10.0. The van der Waals surface area contributed by atoms with E-state index in [2.05, 4.69) is 0 Å². The zero-order chi connectivity index (χ0) is 21.2. The Balaban J connectivity index is 1.86. The van der Waals surface area contributed by atoms with E-state index in [1.54, 1.807) is 51.1 Å². The van der Waals surface area contributed by atoms with Gasteiger partial charge in [0.2, 0.25) is 0 Å². The zero-order valence-electron chi connectivity index (χ0n) is 16.2. The fourth-order valence-corrected chi connectivity index (χ4v) is 2.90. The van der Waals surface area contributed by atoms with Crippen molar-refractivity contribution in [2.24, 2.45) is 0 Å². The Morgan fingerprint density at radius 1 is 1.07 bits per heavy atom. The van der Waals surface area contributed by atoms with E-state index in [0.29, 0.717) is 21.7 Å². The van der Waals surface area contributed by atoms with Crippen molar-refractivity contribution in [3.8, 4) is 5.75 Å². The molecule has 7 heteroatoms. The summed E-state index contributed by atoms with van der Waals surface area (Å²) in [5.74, 6) is -0.596. The van der Waals surface area contributed by atoms with Crippen molar-refractivity contribution in [1.29, 1.82) is 0 Å². The third-order valence-electron chi connectivity index (χ3n) is 4.20. The van der Waals surface area contributed by atoms with Crippen LogP contribution in [0, 0.1) is 0 Å². The molecule has 29 heavy (non-hydrogen) atoms. The van der Waals surface area contributed by atoms with E-state index >= 15 is 0 Å². The Hall–Kier alpha value is -3.12. The molecular weight excluding hydrogens is 396 g/mol. The molecule has 1 aromatic heterocycles. The minimum Gasteiger partial charge on any atom is -0.476 e. The van der Waals surface area contributed by atoms with E-state index in [1.165, 1.54) is 18.2 Å². The number of ether oxygens (including phenoxy) is 2. The molecule has 0 fully saturated rings. The van der Waals surface area contributed by atoms with Gasteiger partial charge in [-0.15, -0.1) is 0 Å².